The molecule has 0 amide bonds. The maximum Gasteiger partial charge on any atom is 0.190 e. The van der Waals surface area contributed by atoms with E-state index in [2.05, 4.69) is 22.2 Å². The summed E-state index contributed by atoms with van der Waals surface area (Å²) in [5, 5.41) is 5.16. The van der Waals surface area contributed by atoms with Gasteiger partial charge in [0.25, 0.3) is 0 Å². The number of para-hydroxylation sites is 1. The largest absolute Gasteiger partial charge is 0.383 e. The van der Waals surface area contributed by atoms with E-state index in [-0.39, 0.29) is 0 Å². The molecule has 1 N–H and O–H groups in total. The van der Waals surface area contributed by atoms with E-state index in [1.165, 1.54) is 0 Å². The Labute approximate surface area is 111 Å². The van der Waals surface area contributed by atoms with Gasteiger partial charge in [-0.15, -0.1) is 0 Å². The molecular weight excluding hydrogens is 246 g/mol. The van der Waals surface area contributed by atoms with Crippen molar-refractivity contribution in [2.24, 2.45) is 0 Å². The van der Waals surface area contributed by atoms with Gasteiger partial charge in [0.05, 0.1) is 12.1 Å². The van der Waals surface area contributed by atoms with Crippen LogP contribution in [0.5, 0.6) is 0 Å². The molecule has 18 heavy (non-hydrogen) atoms. The molecule has 0 aliphatic rings. The highest BCUT2D eigenvalue weighted by Crippen LogP contribution is 2.23. The zero-order chi connectivity index (χ0) is 12.8. The van der Waals surface area contributed by atoms with Gasteiger partial charge in [-0.05, 0) is 17.9 Å². The normalized spacial score (nSPS) is 10.8. The maximum atomic E-state index is 5.04. The summed E-state index contributed by atoms with van der Waals surface area (Å²) < 4.78 is 5.04. The lowest BCUT2D eigenvalue weighted by molar-refractivity contribution is 0.210. The molecule has 1 aromatic heterocycles. The van der Waals surface area contributed by atoms with E-state index in [0.29, 0.717) is 6.61 Å². The number of benzene rings is 1. The molecule has 0 bridgehead atoms. The van der Waals surface area contributed by atoms with Crippen molar-refractivity contribution in [3.05, 3.63) is 24.3 Å². The van der Waals surface area contributed by atoms with Crippen molar-refractivity contribution in [3.63, 3.8) is 0 Å². The van der Waals surface area contributed by atoms with Crippen molar-refractivity contribution in [1.29, 1.82) is 0 Å². The number of fused-ring (bicyclic) bond motifs is 1. The van der Waals surface area contributed by atoms with E-state index in [1.54, 1.807) is 18.9 Å². The summed E-state index contributed by atoms with van der Waals surface area (Å²) in [4.78, 5) is 9.08. The number of ether oxygens (including phenoxy) is 1. The zero-order valence-electron chi connectivity index (χ0n) is 10.6. The summed E-state index contributed by atoms with van der Waals surface area (Å²) in [5.74, 6) is 1.85. The molecule has 1 aromatic carbocycles. The Morgan fingerprint density at radius 2 is 2.11 bits per heavy atom. The summed E-state index contributed by atoms with van der Waals surface area (Å²) in [6.07, 6.45) is 0. The van der Waals surface area contributed by atoms with Crippen molar-refractivity contribution in [2.45, 2.75) is 12.1 Å². The quantitative estimate of drug-likeness (QED) is 0.493. The van der Waals surface area contributed by atoms with Gasteiger partial charge in [-0.25, -0.2) is 9.97 Å². The molecule has 1 heterocycles. The van der Waals surface area contributed by atoms with Crippen LogP contribution in [0.1, 0.15) is 6.92 Å². The number of hydrogen-bond donors (Lipinski definition) is 1. The first-order valence-corrected chi connectivity index (χ1v) is 6.96. The number of nitrogens with zero attached hydrogens (tertiary/aromatic N) is 2. The van der Waals surface area contributed by atoms with Gasteiger partial charge in [0.1, 0.15) is 5.82 Å². The van der Waals surface area contributed by atoms with E-state index in [0.717, 1.165) is 34.2 Å². The van der Waals surface area contributed by atoms with Gasteiger partial charge in [-0.3, -0.25) is 0 Å². The zero-order valence-corrected chi connectivity index (χ0v) is 11.5. The van der Waals surface area contributed by atoms with Crippen LogP contribution in [0, 0.1) is 0 Å². The molecule has 0 radical (unpaired) electrons. The Kier molecular flexibility index (Phi) is 4.78. The third-order valence-corrected chi connectivity index (χ3v) is 3.18. The summed E-state index contributed by atoms with van der Waals surface area (Å²) in [6, 6.07) is 8.04. The number of hydrogen-bond acceptors (Lipinski definition) is 5. The van der Waals surface area contributed by atoms with E-state index < -0.39 is 0 Å². The van der Waals surface area contributed by atoms with E-state index in [4.69, 9.17) is 4.74 Å². The molecule has 0 aliphatic heterocycles. The Hall–Kier alpha value is -1.33. The van der Waals surface area contributed by atoms with Crippen LogP contribution in [0.2, 0.25) is 0 Å². The SMILES string of the molecule is CCSc1nc(NCCOC)c2ccccc2n1. The molecule has 5 heteroatoms. The first kappa shape index (κ1) is 13.1. The van der Waals surface area contributed by atoms with Crippen molar-refractivity contribution in [1.82, 2.24) is 9.97 Å². The highest BCUT2D eigenvalue weighted by Gasteiger charge is 2.06. The molecule has 0 fully saturated rings. The van der Waals surface area contributed by atoms with Crippen molar-refractivity contribution in [2.75, 3.05) is 31.3 Å². The van der Waals surface area contributed by atoms with Gasteiger partial charge in [-0.2, -0.15) is 0 Å². The van der Waals surface area contributed by atoms with Crippen LogP contribution in [0.3, 0.4) is 0 Å². The predicted octanol–water partition coefficient (Wildman–Crippen LogP) is 2.80. The van der Waals surface area contributed by atoms with Crippen LogP contribution >= 0.6 is 11.8 Å². The molecule has 96 valence electrons. The van der Waals surface area contributed by atoms with Gasteiger partial charge in [0.15, 0.2) is 5.16 Å². The predicted molar refractivity (Wildman–Crippen MR) is 76.3 cm³/mol. The topological polar surface area (TPSA) is 47.0 Å². The fourth-order valence-corrected chi connectivity index (χ4v) is 2.23. The number of nitrogens with one attached hydrogen (secondary N) is 1. The van der Waals surface area contributed by atoms with Gasteiger partial charge < -0.3 is 10.1 Å². The van der Waals surface area contributed by atoms with Gasteiger partial charge in [0.2, 0.25) is 0 Å². The smallest absolute Gasteiger partial charge is 0.190 e. The second kappa shape index (κ2) is 6.56. The first-order valence-electron chi connectivity index (χ1n) is 5.97. The minimum absolute atomic E-state index is 0.661. The highest BCUT2D eigenvalue weighted by molar-refractivity contribution is 7.99. The number of aromatic nitrogens is 2. The third-order valence-electron chi connectivity index (χ3n) is 2.45. The van der Waals surface area contributed by atoms with Crippen molar-refractivity contribution < 1.29 is 4.74 Å². The minimum atomic E-state index is 0.661. The number of rotatable bonds is 6. The van der Waals surface area contributed by atoms with Crippen molar-refractivity contribution in [3.8, 4) is 0 Å². The molecular formula is C13H17N3OS. The fraction of sp³-hybridized carbons (Fsp3) is 0.385. The second-order valence-corrected chi connectivity index (χ2v) is 4.96. The summed E-state index contributed by atoms with van der Waals surface area (Å²) in [5.41, 5.74) is 0.975. The maximum absolute atomic E-state index is 5.04. The van der Waals surface area contributed by atoms with Gasteiger partial charge in [0, 0.05) is 19.0 Å². The van der Waals surface area contributed by atoms with Crippen LogP contribution in [0.25, 0.3) is 10.9 Å². The van der Waals surface area contributed by atoms with Crippen LogP contribution < -0.4 is 5.32 Å². The molecule has 2 rings (SSSR count). The van der Waals surface area contributed by atoms with Crippen LogP contribution in [0.15, 0.2) is 29.4 Å². The fourth-order valence-electron chi connectivity index (χ4n) is 1.66. The minimum Gasteiger partial charge on any atom is -0.383 e. The van der Waals surface area contributed by atoms with E-state index >= 15 is 0 Å². The second-order valence-electron chi connectivity index (χ2n) is 3.72. The molecule has 0 unspecified atom stereocenters. The first-order chi connectivity index (χ1) is 8.85. The number of methoxy groups -OCH3 is 1. The molecule has 0 saturated heterocycles. The van der Waals surface area contributed by atoms with Gasteiger partial charge >= 0.3 is 0 Å². The van der Waals surface area contributed by atoms with E-state index in [9.17, 15) is 0 Å². The standard InChI is InChI=1S/C13H17N3OS/c1-3-18-13-15-11-7-5-4-6-10(11)12(16-13)14-8-9-17-2/h4-7H,3,8-9H2,1-2H3,(H,14,15,16). The molecule has 0 saturated carbocycles. The number of anilines is 1. The lowest BCUT2D eigenvalue weighted by atomic mass is 10.2. The summed E-state index contributed by atoms with van der Waals surface area (Å²) in [7, 11) is 1.69. The third kappa shape index (κ3) is 3.11. The average molecular weight is 263 g/mol. The highest BCUT2D eigenvalue weighted by atomic mass is 32.2. The van der Waals surface area contributed by atoms with Crippen LogP contribution in [-0.4, -0.2) is 36.0 Å². The molecule has 0 atom stereocenters. The van der Waals surface area contributed by atoms with Crippen LogP contribution in [-0.2, 0) is 4.74 Å². The van der Waals surface area contributed by atoms with E-state index in [1.807, 2.05) is 24.3 Å². The molecule has 0 spiro atoms. The Morgan fingerprint density at radius 1 is 1.28 bits per heavy atom. The molecule has 2 aromatic rings. The lowest BCUT2D eigenvalue weighted by Gasteiger charge is -2.09. The number of thioether (sulfide) groups is 1. The van der Waals surface area contributed by atoms with Crippen LogP contribution in [0.4, 0.5) is 5.82 Å². The Balaban J connectivity index is 2.34. The lowest BCUT2D eigenvalue weighted by Crippen LogP contribution is -2.10. The monoisotopic (exact) mass is 263 g/mol. The Morgan fingerprint density at radius 3 is 2.89 bits per heavy atom. The average Bonchev–Trinajstić information content (AvgIpc) is 2.39. The molecule has 0 aliphatic carbocycles. The van der Waals surface area contributed by atoms with Crippen molar-refractivity contribution >= 4 is 28.5 Å². The van der Waals surface area contributed by atoms with Gasteiger partial charge in [-0.1, -0.05) is 30.8 Å². The Bertz CT molecular complexity index is 519. The summed E-state index contributed by atoms with van der Waals surface area (Å²) >= 11 is 1.65. The molecule has 4 nitrogen and oxygen atoms in total. The summed E-state index contributed by atoms with van der Waals surface area (Å²) in [6.45, 7) is 3.50.